The van der Waals surface area contributed by atoms with Gasteiger partial charge in [0.15, 0.2) is 0 Å². The molecule has 0 saturated carbocycles. The van der Waals surface area contributed by atoms with Crippen LogP contribution in [0.1, 0.15) is 17.3 Å². The van der Waals surface area contributed by atoms with Crippen LogP contribution < -0.4 is 15.0 Å². The standard InChI is InChI=1S/C17H20N2O2/c1-4-21-16-11-6-5-10-15(16)18-17(20)13-8-7-9-14(12-13)19(2)3/h5-12H,4H2,1-3H3,(H,18,20). The Labute approximate surface area is 125 Å². The summed E-state index contributed by atoms with van der Waals surface area (Å²) in [6, 6.07) is 14.9. The molecule has 2 aromatic rings. The summed E-state index contributed by atoms with van der Waals surface area (Å²) in [6.07, 6.45) is 0. The van der Waals surface area contributed by atoms with Crippen molar-refractivity contribution in [1.82, 2.24) is 0 Å². The summed E-state index contributed by atoms with van der Waals surface area (Å²) in [6.45, 7) is 2.47. The molecule has 0 aliphatic heterocycles. The summed E-state index contributed by atoms with van der Waals surface area (Å²) >= 11 is 0. The van der Waals surface area contributed by atoms with Crippen molar-refractivity contribution in [3.63, 3.8) is 0 Å². The summed E-state index contributed by atoms with van der Waals surface area (Å²) < 4.78 is 5.51. The average molecular weight is 284 g/mol. The summed E-state index contributed by atoms with van der Waals surface area (Å²) in [5.41, 5.74) is 2.29. The zero-order valence-corrected chi connectivity index (χ0v) is 12.6. The van der Waals surface area contributed by atoms with Gasteiger partial charge >= 0.3 is 0 Å². The average Bonchev–Trinajstić information content (AvgIpc) is 2.49. The Morgan fingerprint density at radius 1 is 1.14 bits per heavy atom. The number of carbonyl (C=O) groups is 1. The quantitative estimate of drug-likeness (QED) is 0.915. The molecule has 0 spiro atoms. The molecular formula is C17H20N2O2. The molecule has 0 heterocycles. The monoisotopic (exact) mass is 284 g/mol. The molecule has 2 rings (SSSR count). The first kappa shape index (κ1) is 14.9. The minimum Gasteiger partial charge on any atom is -0.492 e. The van der Waals surface area contributed by atoms with Crippen molar-refractivity contribution in [2.75, 3.05) is 30.9 Å². The zero-order chi connectivity index (χ0) is 15.2. The summed E-state index contributed by atoms with van der Waals surface area (Å²) in [4.78, 5) is 14.3. The lowest BCUT2D eigenvalue weighted by Gasteiger charge is -2.14. The number of amides is 1. The third-order valence-electron chi connectivity index (χ3n) is 3.06. The van der Waals surface area contributed by atoms with Gasteiger partial charge in [-0.05, 0) is 37.3 Å². The van der Waals surface area contributed by atoms with Crippen LogP contribution in [0, 0.1) is 0 Å². The molecule has 21 heavy (non-hydrogen) atoms. The van der Waals surface area contributed by atoms with Gasteiger partial charge in [0.2, 0.25) is 0 Å². The van der Waals surface area contributed by atoms with Gasteiger partial charge in [-0.1, -0.05) is 18.2 Å². The number of ether oxygens (including phenoxy) is 1. The number of hydrogen-bond donors (Lipinski definition) is 1. The van der Waals surface area contributed by atoms with Crippen molar-refractivity contribution < 1.29 is 9.53 Å². The molecule has 4 nitrogen and oxygen atoms in total. The minimum atomic E-state index is -0.147. The van der Waals surface area contributed by atoms with Gasteiger partial charge in [0, 0.05) is 25.3 Å². The van der Waals surface area contributed by atoms with Gasteiger partial charge < -0.3 is 15.0 Å². The SMILES string of the molecule is CCOc1ccccc1NC(=O)c1cccc(N(C)C)c1. The predicted molar refractivity (Wildman–Crippen MR) is 86.3 cm³/mol. The molecular weight excluding hydrogens is 264 g/mol. The number of rotatable bonds is 5. The van der Waals surface area contributed by atoms with Crippen molar-refractivity contribution in [1.29, 1.82) is 0 Å². The van der Waals surface area contributed by atoms with Crippen LogP contribution in [0.25, 0.3) is 0 Å². The van der Waals surface area contributed by atoms with Crippen LogP contribution in [0.15, 0.2) is 48.5 Å². The van der Waals surface area contributed by atoms with E-state index in [9.17, 15) is 4.79 Å². The maximum atomic E-state index is 12.4. The van der Waals surface area contributed by atoms with Gasteiger partial charge in [-0.25, -0.2) is 0 Å². The molecule has 110 valence electrons. The highest BCUT2D eigenvalue weighted by molar-refractivity contribution is 6.05. The van der Waals surface area contributed by atoms with E-state index in [1.54, 1.807) is 6.07 Å². The molecule has 0 radical (unpaired) electrons. The highest BCUT2D eigenvalue weighted by atomic mass is 16.5. The Kier molecular flexibility index (Phi) is 4.82. The smallest absolute Gasteiger partial charge is 0.255 e. The van der Waals surface area contributed by atoms with Gasteiger partial charge in [0.25, 0.3) is 5.91 Å². The molecule has 0 aliphatic rings. The van der Waals surface area contributed by atoms with E-state index in [0.717, 1.165) is 5.69 Å². The Morgan fingerprint density at radius 2 is 1.90 bits per heavy atom. The highest BCUT2D eigenvalue weighted by Gasteiger charge is 2.10. The fourth-order valence-electron chi connectivity index (χ4n) is 1.97. The molecule has 1 N–H and O–H groups in total. The number of hydrogen-bond acceptors (Lipinski definition) is 3. The van der Waals surface area contributed by atoms with E-state index in [-0.39, 0.29) is 5.91 Å². The molecule has 0 unspecified atom stereocenters. The largest absolute Gasteiger partial charge is 0.492 e. The molecule has 0 bridgehead atoms. The van der Waals surface area contributed by atoms with E-state index >= 15 is 0 Å². The van der Waals surface area contributed by atoms with E-state index in [4.69, 9.17) is 4.74 Å². The molecule has 0 aromatic heterocycles. The normalized spacial score (nSPS) is 10.0. The van der Waals surface area contributed by atoms with Crippen LogP contribution in [0.4, 0.5) is 11.4 Å². The number of benzene rings is 2. The van der Waals surface area contributed by atoms with Gasteiger partial charge in [0.05, 0.1) is 12.3 Å². The topological polar surface area (TPSA) is 41.6 Å². The number of anilines is 2. The third kappa shape index (κ3) is 3.75. The molecule has 0 saturated heterocycles. The second-order valence-corrected chi connectivity index (χ2v) is 4.83. The number of carbonyl (C=O) groups excluding carboxylic acids is 1. The van der Waals surface area contributed by atoms with Crippen LogP contribution in [0.3, 0.4) is 0 Å². The van der Waals surface area contributed by atoms with Crippen molar-refractivity contribution in [3.8, 4) is 5.75 Å². The Hall–Kier alpha value is -2.49. The van der Waals surface area contributed by atoms with E-state index in [1.807, 2.05) is 68.4 Å². The summed E-state index contributed by atoms with van der Waals surface area (Å²) in [5.74, 6) is 0.531. The van der Waals surface area contributed by atoms with Gasteiger partial charge in [-0.2, -0.15) is 0 Å². The van der Waals surface area contributed by atoms with Crippen molar-refractivity contribution in [2.24, 2.45) is 0 Å². The maximum absolute atomic E-state index is 12.4. The lowest BCUT2D eigenvalue weighted by molar-refractivity contribution is 0.102. The van der Waals surface area contributed by atoms with Crippen LogP contribution >= 0.6 is 0 Å². The lowest BCUT2D eigenvalue weighted by Crippen LogP contribution is -2.14. The molecule has 1 amide bonds. The Morgan fingerprint density at radius 3 is 2.62 bits per heavy atom. The fourth-order valence-corrected chi connectivity index (χ4v) is 1.97. The second kappa shape index (κ2) is 6.79. The first-order chi connectivity index (χ1) is 10.1. The molecule has 0 fully saturated rings. The zero-order valence-electron chi connectivity index (χ0n) is 12.6. The van der Waals surface area contributed by atoms with Crippen molar-refractivity contribution in [3.05, 3.63) is 54.1 Å². The first-order valence-electron chi connectivity index (χ1n) is 6.92. The van der Waals surface area contributed by atoms with E-state index < -0.39 is 0 Å². The van der Waals surface area contributed by atoms with Crippen LogP contribution in [-0.2, 0) is 0 Å². The summed E-state index contributed by atoms with van der Waals surface area (Å²) in [5, 5.41) is 2.90. The molecule has 0 atom stereocenters. The number of nitrogens with zero attached hydrogens (tertiary/aromatic N) is 1. The fraction of sp³-hybridized carbons (Fsp3) is 0.235. The highest BCUT2D eigenvalue weighted by Crippen LogP contribution is 2.24. The van der Waals surface area contributed by atoms with Crippen LogP contribution in [0.5, 0.6) is 5.75 Å². The lowest BCUT2D eigenvalue weighted by atomic mass is 10.1. The minimum absolute atomic E-state index is 0.147. The van der Waals surface area contributed by atoms with E-state index in [0.29, 0.717) is 23.6 Å². The van der Waals surface area contributed by atoms with Gasteiger partial charge in [-0.15, -0.1) is 0 Å². The second-order valence-electron chi connectivity index (χ2n) is 4.83. The first-order valence-corrected chi connectivity index (χ1v) is 6.92. The van der Waals surface area contributed by atoms with E-state index in [1.165, 1.54) is 0 Å². The van der Waals surface area contributed by atoms with Crippen molar-refractivity contribution >= 4 is 17.3 Å². The maximum Gasteiger partial charge on any atom is 0.255 e. The molecule has 4 heteroatoms. The number of nitrogens with one attached hydrogen (secondary N) is 1. The third-order valence-corrected chi connectivity index (χ3v) is 3.06. The Balaban J connectivity index is 2.20. The number of para-hydroxylation sites is 2. The molecule has 2 aromatic carbocycles. The Bertz CT molecular complexity index is 624. The van der Waals surface area contributed by atoms with Crippen molar-refractivity contribution in [2.45, 2.75) is 6.92 Å². The van der Waals surface area contributed by atoms with Gasteiger partial charge in [-0.3, -0.25) is 4.79 Å². The van der Waals surface area contributed by atoms with Gasteiger partial charge in [0.1, 0.15) is 5.75 Å². The predicted octanol–water partition coefficient (Wildman–Crippen LogP) is 3.40. The summed E-state index contributed by atoms with van der Waals surface area (Å²) in [7, 11) is 3.89. The molecule has 0 aliphatic carbocycles. The van der Waals surface area contributed by atoms with Crippen LogP contribution in [0.2, 0.25) is 0 Å². The van der Waals surface area contributed by atoms with E-state index in [2.05, 4.69) is 5.32 Å². The van der Waals surface area contributed by atoms with Crippen LogP contribution in [-0.4, -0.2) is 26.6 Å².